The first kappa shape index (κ1) is 14.0. The fourth-order valence-corrected chi connectivity index (χ4v) is 2.25. The second kappa shape index (κ2) is 5.44. The number of aromatic nitrogens is 4. The van der Waals surface area contributed by atoms with Crippen molar-refractivity contribution in [2.24, 2.45) is 0 Å². The molecule has 0 saturated carbocycles. The average Bonchev–Trinajstić information content (AvgIpc) is 2.91. The molecule has 7 nitrogen and oxygen atoms in total. The molecule has 112 valence electrons. The van der Waals surface area contributed by atoms with Gasteiger partial charge in [-0.2, -0.15) is 0 Å². The van der Waals surface area contributed by atoms with Gasteiger partial charge in [-0.1, -0.05) is 6.07 Å². The van der Waals surface area contributed by atoms with Crippen LogP contribution >= 0.6 is 0 Å². The standard InChI is InChI=1S/C15H15N5O2/c1-9-6-7-11(14(21)16-9)15(22)17-10(2)13-19-18-12-5-3-4-8-20(12)13/h3-8,10H,1-2H3,(H,16,21)(H,17,22). The third-order valence-corrected chi connectivity index (χ3v) is 3.37. The van der Waals surface area contributed by atoms with Crippen LogP contribution in [0.1, 0.15) is 34.8 Å². The van der Waals surface area contributed by atoms with Gasteiger partial charge in [0.2, 0.25) is 0 Å². The van der Waals surface area contributed by atoms with E-state index in [4.69, 9.17) is 0 Å². The number of rotatable bonds is 3. The quantitative estimate of drug-likeness (QED) is 0.760. The van der Waals surface area contributed by atoms with Crippen molar-refractivity contribution in [1.29, 1.82) is 0 Å². The molecule has 0 aliphatic heterocycles. The minimum absolute atomic E-state index is 0.0753. The Labute approximate surface area is 126 Å². The Kier molecular flexibility index (Phi) is 3.46. The molecule has 0 saturated heterocycles. The molecule has 7 heteroatoms. The van der Waals surface area contributed by atoms with E-state index in [1.807, 2.05) is 24.4 Å². The molecule has 0 spiro atoms. The number of aryl methyl sites for hydroxylation is 1. The lowest BCUT2D eigenvalue weighted by atomic mass is 10.2. The molecule has 0 aliphatic carbocycles. The van der Waals surface area contributed by atoms with Gasteiger partial charge in [0.05, 0.1) is 6.04 Å². The molecule has 0 bridgehead atoms. The third kappa shape index (κ3) is 2.48. The van der Waals surface area contributed by atoms with Gasteiger partial charge in [0.15, 0.2) is 11.5 Å². The van der Waals surface area contributed by atoms with Crippen molar-refractivity contribution < 1.29 is 4.79 Å². The third-order valence-electron chi connectivity index (χ3n) is 3.37. The summed E-state index contributed by atoms with van der Waals surface area (Å²) in [6.45, 7) is 3.55. The highest BCUT2D eigenvalue weighted by atomic mass is 16.2. The number of nitrogens with one attached hydrogen (secondary N) is 2. The van der Waals surface area contributed by atoms with Crippen LogP contribution in [-0.2, 0) is 0 Å². The summed E-state index contributed by atoms with van der Waals surface area (Å²) >= 11 is 0. The number of nitrogens with zero attached hydrogens (tertiary/aromatic N) is 3. The molecular weight excluding hydrogens is 282 g/mol. The van der Waals surface area contributed by atoms with Gasteiger partial charge in [-0.05, 0) is 38.1 Å². The Morgan fingerprint density at radius 3 is 2.86 bits per heavy atom. The molecule has 0 aromatic carbocycles. The highest BCUT2D eigenvalue weighted by Gasteiger charge is 2.18. The summed E-state index contributed by atoms with van der Waals surface area (Å²) in [7, 11) is 0. The lowest BCUT2D eigenvalue weighted by molar-refractivity contribution is 0.0936. The number of carbonyl (C=O) groups excluding carboxylic acids is 1. The number of fused-ring (bicyclic) bond motifs is 1. The van der Waals surface area contributed by atoms with Crippen LogP contribution in [0.3, 0.4) is 0 Å². The van der Waals surface area contributed by atoms with E-state index < -0.39 is 11.5 Å². The number of aromatic amines is 1. The first-order valence-corrected chi connectivity index (χ1v) is 6.86. The zero-order valence-electron chi connectivity index (χ0n) is 12.2. The Hall–Kier alpha value is -2.96. The maximum Gasteiger partial charge on any atom is 0.260 e. The Balaban J connectivity index is 1.86. The summed E-state index contributed by atoms with van der Waals surface area (Å²) in [6, 6.07) is 8.37. The summed E-state index contributed by atoms with van der Waals surface area (Å²) in [5.74, 6) is 0.161. The van der Waals surface area contributed by atoms with Gasteiger partial charge < -0.3 is 10.3 Å². The predicted molar refractivity (Wildman–Crippen MR) is 80.7 cm³/mol. The fraction of sp³-hybridized carbons (Fsp3) is 0.200. The summed E-state index contributed by atoms with van der Waals surface area (Å²) in [4.78, 5) is 26.6. The van der Waals surface area contributed by atoms with Crippen LogP contribution < -0.4 is 10.9 Å². The fourth-order valence-electron chi connectivity index (χ4n) is 2.25. The van der Waals surface area contributed by atoms with Crippen molar-refractivity contribution in [2.75, 3.05) is 0 Å². The molecule has 0 aliphatic rings. The number of hydrogen-bond donors (Lipinski definition) is 2. The largest absolute Gasteiger partial charge is 0.342 e. The van der Waals surface area contributed by atoms with Gasteiger partial charge in [-0.15, -0.1) is 10.2 Å². The molecule has 2 N–H and O–H groups in total. The highest BCUT2D eigenvalue weighted by Crippen LogP contribution is 2.12. The molecule has 1 unspecified atom stereocenters. The Bertz CT molecular complexity index is 896. The molecule has 3 aromatic rings. The van der Waals surface area contributed by atoms with Crippen LogP contribution in [0.25, 0.3) is 5.65 Å². The van der Waals surface area contributed by atoms with Crippen LogP contribution in [0, 0.1) is 6.92 Å². The van der Waals surface area contributed by atoms with E-state index in [9.17, 15) is 9.59 Å². The maximum absolute atomic E-state index is 12.2. The first-order chi connectivity index (χ1) is 10.6. The van der Waals surface area contributed by atoms with Crippen molar-refractivity contribution in [2.45, 2.75) is 19.9 Å². The van der Waals surface area contributed by atoms with Gasteiger partial charge in [0.25, 0.3) is 11.5 Å². The van der Waals surface area contributed by atoms with Gasteiger partial charge in [0, 0.05) is 11.9 Å². The zero-order chi connectivity index (χ0) is 15.7. The summed E-state index contributed by atoms with van der Waals surface area (Å²) < 4.78 is 1.80. The number of hydrogen-bond acceptors (Lipinski definition) is 4. The molecule has 3 heterocycles. The highest BCUT2D eigenvalue weighted by molar-refractivity contribution is 5.94. The molecule has 3 rings (SSSR count). The molecule has 22 heavy (non-hydrogen) atoms. The summed E-state index contributed by atoms with van der Waals surface area (Å²) in [5, 5.41) is 10.9. The van der Waals surface area contributed by atoms with Crippen LogP contribution in [0.4, 0.5) is 0 Å². The van der Waals surface area contributed by atoms with Crippen molar-refractivity contribution >= 4 is 11.6 Å². The van der Waals surface area contributed by atoms with E-state index in [0.29, 0.717) is 17.2 Å². The van der Waals surface area contributed by atoms with Crippen LogP contribution in [0.5, 0.6) is 0 Å². The van der Waals surface area contributed by atoms with Gasteiger partial charge in [0.1, 0.15) is 5.56 Å². The summed E-state index contributed by atoms with van der Waals surface area (Å²) in [6.07, 6.45) is 1.83. The van der Waals surface area contributed by atoms with Gasteiger partial charge >= 0.3 is 0 Å². The SMILES string of the molecule is Cc1ccc(C(=O)NC(C)c2nnc3ccccn23)c(=O)[nH]1. The van der Waals surface area contributed by atoms with Crippen LogP contribution in [-0.4, -0.2) is 25.5 Å². The molecule has 0 fully saturated rings. The van der Waals surface area contributed by atoms with Crippen molar-refractivity contribution in [3.05, 3.63) is 64.0 Å². The number of carbonyl (C=O) groups is 1. The summed E-state index contributed by atoms with van der Waals surface area (Å²) in [5.41, 5.74) is 1.08. The second-order valence-corrected chi connectivity index (χ2v) is 5.07. The second-order valence-electron chi connectivity index (χ2n) is 5.07. The van der Waals surface area contributed by atoms with Crippen molar-refractivity contribution in [3.8, 4) is 0 Å². The lowest BCUT2D eigenvalue weighted by Gasteiger charge is -2.12. The van der Waals surface area contributed by atoms with E-state index >= 15 is 0 Å². The van der Waals surface area contributed by atoms with E-state index in [-0.39, 0.29) is 11.6 Å². The van der Waals surface area contributed by atoms with E-state index in [0.717, 1.165) is 0 Å². The Morgan fingerprint density at radius 2 is 2.09 bits per heavy atom. The molecule has 1 amide bonds. The Morgan fingerprint density at radius 1 is 1.27 bits per heavy atom. The normalized spacial score (nSPS) is 12.3. The lowest BCUT2D eigenvalue weighted by Crippen LogP contribution is -2.32. The van der Waals surface area contributed by atoms with Gasteiger partial charge in [-0.3, -0.25) is 14.0 Å². The van der Waals surface area contributed by atoms with E-state index in [1.165, 1.54) is 6.07 Å². The number of H-pyrrole nitrogens is 1. The van der Waals surface area contributed by atoms with Crippen molar-refractivity contribution in [1.82, 2.24) is 24.9 Å². The monoisotopic (exact) mass is 297 g/mol. The average molecular weight is 297 g/mol. The molecule has 1 atom stereocenters. The van der Waals surface area contributed by atoms with Crippen LogP contribution in [0.2, 0.25) is 0 Å². The molecule has 3 aromatic heterocycles. The predicted octanol–water partition coefficient (Wildman–Crippen LogP) is 1.22. The maximum atomic E-state index is 12.2. The van der Waals surface area contributed by atoms with Crippen LogP contribution in [0.15, 0.2) is 41.3 Å². The number of pyridine rings is 2. The number of amides is 1. The van der Waals surface area contributed by atoms with Gasteiger partial charge in [-0.25, -0.2) is 0 Å². The van der Waals surface area contributed by atoms with Crippen molar-refractivity contribution in [3.63, 3.8) is 0 Å². The molecule has 0 radical (unpaired) electrons. The molecular formula is C15H15N5O2. The van der Waals surface area contributed by atoms with E-state index in [1.54, 1.807) is 24.3 Å². The first-order valence-electron chi connectivity index (χ1n) is 6.86. The minimum Gasteiger partial charge on any atom is -0.342 e. The smallest absolute Gasteiger partial charge is 0.260 e. The zero-order valence-corrected chi connectivity index (χ0v) is 12.2. The topological polar surface area (TPSA) is 92.2 Å². The minimum atomic E-state index is -0.443. The van der Waals surface area contributed by atoms with E-state index in [2.05, 4.69) is 20.5 Å².